The minimum Gasteiger partial charge on any atom is -0.373 e. The number of likely N-dealkylation sites (tertiary alicyclic amines) is 1. The molecular weight excluding hydrogens is 371 g/mol. The number of amides is 1. The van der Waals surface area contributed by atoms with E-state index in [1.807, 2.05) is 31.0 Å². The van der Waals surface area contributed by atoms with Crippen LogP contribution in [0.4, 0.5) is 0 Å². The smallest absolute Gasteiger partial charge is 0.226 e. The highest BCUT2D eigenvalue weighted by molar-refractivity contribution is 6.42. The molecule has 1 N–H and O–H groups in total. The van der Waals surface area contributed by atoms with E-state index >= 15 is 0 Å². The normalized spacial score (nSPS) is 16.6. The number of carbonyl (C=O) groups excluding carboxylic acids is 1. The van der Waals surface area contributed by atoms with Gasteiger partial charge in [0.05, 0.1) is 22.8 Å². The van der Waals surface area contributed by atoms with E-state index in [1.54, 1.807) is 6.07 Å². The van der Waals surface area contributed by atoms with Crippen molar-refractivity contribution in [3.8, 4) is 0 Å². The van der Waals surface area contributed by atoms with Gasteiger partial charge in [-0.25, -0.2) is 0 Å². The Bertz CT molecular complexity index is 535. The Kier molecular flexibility index (Phi) is 9.39. The van der Waals surface area contributed by atoms with E-state index in [0.717, 1.165) is 31.5 Å². The number of ether oxygens (including phenoxy) is 1. The third kappa shape index (κ3) is 6.08. The van der Waals surface area contributed by atoms with Gasteiger partial charge in [0.1, 0.15) is 0 Å². The summed E-state index contributed by atoms with van der Waals surface area (Å²) in [5, 5.41) is 4.15. The van der Waals surface area contributed by atoms with Gasteiger partial charge in [-0.05, 0) is 37.6 Å². The van der Waals surface area contributed by atoms with E-state index in [9.17, 15) is 4.79 Å². The number of nitrogens with zero attached hydrogens (tertiary/aromatic N) is 1. The van der Waals surface area contributed by atoms with E-state index in [4.69, 9.17) is 27.9 Å². The van der Waals surface area contributed by atoms with Gasteiger partial charge in [0.15, 0.2) is 0 Å². The van der Waals surface area contributed by atoms with E-state index in [0.29, 0.717) is 23.2 Å². The Balaban J connectivity index is 0.00000288. The van der Waals surface area contributed by atoms with Gasteiger partial charge in [0.25, 0.3) is 0 Å². The van der Waals surface area contributed by atoms with Crippen molar-refractivity contribution in [3.63, 3.8) is 0 Å². The molecule has 1 aliphatic rings. The average molecular weight is 396 g/mol. The first-order valence-electron chi connectivity index (χ1n) is 8.00. The molecule has 1 amide bonds. The molecule has 1 heterocycles. The second kappa shape index (κ2) is 10.5. The van der Waals surface area contributed by atoms with Gasteiger partial charge in [-0.3, -0.25) is 4.79 Å². The fourth-order valence-corrected chi connectivity index (χ4v) is 3.11. The molecule has 1 unspecified atom stereocenters. The van der Waals surface area contributed by atoms with Crippen LogP contribution in [-0.4, -0.2) is 43.6 Å². The number of benzene rings is 1. The fourth-order valence-electron chi connectivity index (χ4n) is 2.79. The zero-order valence-electron chi connectivity index (χ0n) is 14.1. The van der Waals surface area contributed by atoms with Crippen molar-refractivity contribution >= 4 is 41.5 Å². The third-order valence-corrected chi connectivity index (χ3v) is 4.89. The topological polar surface area (TPSA) is 41.6 Å². The van der Waals surface area contributed by atoms with Crippen molar-refractivity contribution in [1.82, 2.24) is 10.2 Å². The maximum Gasteiger partial charge on any atom is 0.226 e. The highest BCUT2D eigenvalue weighted by Crippen LogP contribution is 2.24. The number of hydrogen-bond donors (Lipinski definition) is 1. The van der Waals surface area contributed by atoms with Crippen LogP contribution in [0.5, 0.6) is 0 Å². The van der Waals surface area contributed by atoms with Crippen LogP contribution in [0.15, 0.2) is 18.2 Å². The lowest BCUT2D eigenvalue weighted by Gasteiger charge is -2.33. The van der Waals surface area contributed by atoms with Gasteiger partial charge in [-0.15, -0.1) is 12.4 Å². The predicted molar refractivity (Wildman–Crippen MR) is 101 cm³/mol. The highest BCUT2D eigenvalue weighted by Gasteiger charge is 2.26. The van der Waals surface area contributed by atoms with E-state index in [2.05, 4.69) is 5.32 Å². The van der Waals surface area contributed by atoms with Gasteiger partial charge in [0, 0.05) is 25.6 Å². The Morgan fingerprint density at radius 1 is 1.33 bits per heavy atom. The lowest BCUT2D eigenvalue weighted by molar-refractivity contribution is -0.137. The molecule has 0 aromatic heterocycles. The van der Waals surface area contributed by atoms with Crippen LogP contribution in [0.1, 0.15) is 25.3 Å². The van der Waals surface area contributed by atoms with Crippen molar-refractivity contribution < 1.29 is 9.53 Å². The Morgan fingerprint density at radius 2 is 2.00 bits per heavy atom. The molecule has 1 aliphatic heterocycles. The molecule has 1 aromatic rings. The standard InChI is InChI=1S/C17H24Cl2N2O2.ClH/c1-12(10-20-2)17(22)21-7-5-14(6-8-21)23-11-13-3-4-15(18)16(19)9-13;/h3-4,9,12,14,20H,5-8,10-11H2,1-2H3;1H. The molecule has 2 rings (SSSR count). The summed E-state index contributed by atoms with van der Waals surface area (Å²) in [4.78, 5) is 14.2. The summed E-state index contributed by atoms with van der Waals surface area (Å²) < 4.78 is 5.95. The summed E-state index contributed by atoms with van der Waals surface area (Å²) >= 11 is 11.9. The number of halogens is 3. The van der Waals surface area contributed by atoms with Crippen LogP contribution in [0.25, 0.3) is 0 Å². The van der Waals surface area contributed by atoms with Gasteiger partial charge in [0.2, 0.25) is 5.91 Å². The van der Waals surface area contributed by atoms with E-state index in [1.165, 1.54) is 0 Å². The highest BCUT2D eigenvalue weighted by atomic mass is 35.5. The minimum absolute atomic E-state index is 0. The van der Waals surface area contributed by atoms with Gasteiger partial charge in [-0.1, -0.05) is 36.2 Å². The van der Waals surface area contributed by atoms with Gasteiger partial charge >= 0.3 is 0 Å². The number of hydrogen-bond acceptors (Lipinski definition) is 3. The first-order chi connectivity index (χ1) is 11.0. The molecule has 7 heteroatoms. The number of nitrogens with one attached hydrogen (secondary N) is 1. The van der Waals surface area contributed by atoms with E-state index < -0.39 is 0 Å². The molecule has 1 fully saturated rings. The predicted octanol–water partition coefficient (Wildman–Crippen LogP) is 3.78. The van der Waals surface area contributed by atoms with E-state index in [-0.39, 0.29) is 30.3 Å². The van der Waals surface area contributed by atoms with Gasteiger partial charge in [-0.2, -0.15) is 0 Å². The summed E-state index contributed by atoms with van der Waals surface area (Å²) in [5.41, 5.74) is 1.01. The van der Waals surface area contributed by atoms with Crippen LogP contribution in [0.2, 0.25) is 10.0 Å². The first-order valence-corrected chi connectivity index (χ1v) is 8.75. The van der Waals surface area contributed by atoms with Crippen molar-refractivity contribution in [2.24, 2.45) is 5.92 Å². The molecule has 0 bridgehead atoms. The molecule has 0 radical (unpaired) electrons. The van der Waals surface area contributed by atoms with Crippen LogP contribution < -0.4 is 5.32 Å². The van der Waals surface area contributed by atoms with Crippen LogP contribution in [-0.2, 0) is 16.1 Å². The Hall–Kier alpha value is -0.520. The molecule has 136 valence electrons. The second-order valence-corrected chi connectivity index (χ2v) is 6.86. The average Bonchev–Trinajstić information content (AvgIpc) is 2.56. The summed E-state index contributed by atoms with van der Waals surface area (Å²) in [6.45, 7) is 4.72. The molecule has 4 nitrogen and oxygen atoms in total. The summed E-state index contributed by atoms with van der Waals surface area (Å²) in [6, 6.07) is 5.54. The van der Waals surface area contributed by atoms with Crippen molar-refractivity contribution in [3.05, 3.63) is 33.8 Å². The molecule has 0 saturated carbocycles. The number of piperidine rings is 1. The monoisotopic (exact) mass is 394 g/mol. The van der Waals surface area contributed by atoms with Crippen molar-refractivity contribution in [1.29, 1.82) is 0 Å². The minimum atomic E-state index is 0. The molecule has 1 aromatic carbocycles. The van der Waals surface area contributed by atoms with Gasteiger partial charge < -0.3 is 15.0 Å². The van der Waals surface area contributed by atoms with Crippen LogP contribution >= 0.6 is 35.6 Å². The van der Waals surface area contributed by atoms with Crippen molar-refractivity contribution in [2.75, 3.05) is 26.7 Å². The second-order valence-electron chi connectivity index (χ2n) is 6.04. The Labute approximate surface area is 160 Å². The SMILES string of the molecule is CNCC(C)C(=O)N1CCC(OCc2ccc(Cl)c(Cl)c2)CC1.Cl. The maximum absolute atomic E-state index is 12.3. The molecular formula is C17H25Cl3N2O2. The largest absolute Gasteiger partial charge is 0.373 e. The zero-order valence-corrected chi connectivity index (χ0v) is 16.4. The molecule has 24 heavy (non-hydrogen) atoms. The van der Waals surface area contributed by atoms with Crippen molar-refractivity contribution in [2.45, 2.75) is 32.5 Å². The number of rotatable bonds is 6. The molecule has 1 atom stereocenters. The quantitative estimate of drug-likeness (QED) is 0.797. The van der Waals surface area contributed by atoms with Crippen LogP contribution in [0, 0.1) is 5.92 Å². The lowest BCUT2D eigenvalue weighted by atomic mass is 10.0. The number of carbonyl (C=O) groups is 1. The summed E-state index contributed by atoms with van der Waals surface area (Å²) in [5.74, 6) is 0.246. The Morgan fingerprint density at radius 3 is 2.58 bits per heavy atom. The van der Waals surface area contributed by atoms with Crippen LogP contribution in [0.3, 0.4) is 0 Å². The molecule has 0 spiro atoms. The molecule has 0 aliphatic carbocycles. The lowest BCUT2D eigenvalue weighted by Crippen LogP contribution is -2.44. The maximum atomic E-state index is 12.3. The zero-order chi connectivity index (χ0) is 16.8. The first kappa shape index (κ1) is 21.5. The fraction of sp³-hybridized carbons (Fsp3) is 0.588. The summed E-state index contributed by atoms with van der Waals surface area (Å²) in [6.07, 6.45) is 1.94. The third-order valence-electron chi connectivity index (χ3n) is 4.16. The summed E-state index contributed by atoms with van der Waals surface area (Å²) in [7, 11) is 1.87. The molecule has 1 saturated heterocycles.